The zero-order chi connectivity index (χ0) is 18.4. The van der Waals surface area contributed by atoms with Crippen LogP contribution in [0.4, 0.5) is 0 Å². The highest BCUT2D eigenvalue weighted by atomic mass is 16.7. The van der Waals surface area contributed by atoms with Crippen LogP contribution < -0.4 is 19.1 Å². The first-order chi connectivity index (χ1) is 13.2. The monoisotopic (exact) mass is 366 g/mol. The molecule has 3 aliphatic heterocycles. The summed E-state index contributed by atoms with van der Waals surface area (Å²) in [5.41, 5.74) is 2.02. The van der Waals surface area contributed by atoms with Gasteiger partial charge in [0.05, 0.1) is 24.2 Å². The lowest BCUT2D eigenvalue weighted by Gasteiger charge is -2.15. The van der Waals surface area contributed by atoms with Crippen molar-refractivity contribution in [2.45, 2.75) is 19.4 Å². The van der Waals surface area contributed by atoms with Crippen LogP contribution in [-0.4, -0.2) is 30.8 Å². The lowest BCUT2D eigenvalue weighted by Crippen LogP contribution is -3.08. The number of nitrogens with one attached hydrogen (secondary N) is 1. The van der Waals surface area contributed by atoms with Crippen molar-refractivity contribution in [2.24, 2.45) is 0 Å². The molecule has 3 aliphatic rings. The predicted molar refractivity (Wildman–Crippen MR) is 97.2 cm³/mol. The van der Waals surface area contributed by atoms with Crippen molar-refractivity contribution < 1.29 is 29.0 Å². The van der Waals surface area contributed by atoms with E-state index in [-0.39, 0.29) is 24.1 Å². The van der Waals surface area contributed by atoms with Gasteiger partial charge in [0.2, 0.25) is 12.6 Å². The summed E-state index contributed by atoms with van der Waals surface area (Å²) in [5, 5.41) is 10.3. The fourth-order valence-corrected chi connectivity index (χ4v) is 3.92. The molecule has 0 unspecified atom stereocenters. The van der Waals surface area contributed by atoms with Crippen molar-refractivity contribution in [2.75, 3.05) is 19.9 Å². The van der Waals surface area contributed by atoms with E-state index in [0.717, 1.165) is 18.7 Å². The number of likely N-dealkylation sites (tertiary alicyclic amines) is 1. The molecule has 0 aromatic heterocycles. The highest BCUT2D eigenvalue weighted by Crippen LogP contribution is 2.40. The highest BCUT2D eigenvalue weighted by molar-refractivity contribution is 6.15. The van der Waals surface area contributed by atoms with Gasteiger partial charge >= 0.3 is 0 Å². The smallest absolute Gasteiger partial charge is 0.231 e. The number of Topliss-reactive ketones (excluding diaryl/α,β-unsaturated/α-hetero) is 1. The van der Waals surface area contributed by atoms with Crippen LogP contribution in [0.1, 0.15) is 34.3 Å². The van der Waals surface area contributed by atoms with Crippen LogP contribution in [0.15, 0.2) is 36.1 Å². The van der Waals surface area contributed by atoms with Gasteiger partial charge in [-0.25, -0.2) is 0 Å². The molecule has 27 heavy (non-hydrogen) atoms. The number of rotatable bonds is 3. The SMILES string of the molecule is O=C1/C(=C\c2ccc3c(c2)OCO3)Oc2c1ccc(O)c2C[NH+]1CCCC1. The number of aromatic hydroxyl groups is 1. The van der Waals surface area contributed by atoms with Crippen LogP contribution in [0.3, 0.4) is 0 Å². The molecule has 138 valence electrons. The first-order valence-electron chi connectivity index (χ1n) is 9.21. The molecule has 0 spiro atoms. The van der Waals surface area contributed by atoms with Gasteiger partial charge in [-0.1, -0.05) is 6.07 Å². The number of quaternary nitrogens is 1. The van der Waals surface area contributed by atoms with Crippen LogP contribution in [0.2, 0.25) is 0 Å². The Labute approximate surface area is 156 Å². The van der Waals surface area contributed by atoms with Crippen molar-refractivity contribution >= 4 is 11.9 Å². The van der Waals surface area contributed by atoms with E-state index in [4.69, 9.17) is 14.2 Å². The van der Waals surface area contributed by atoms with Crippen LogP contribution in [0.25, 0.3) is 6.08 Å². The fourth-order valence-electron chi connectivity index (χ4n) is 3.92. The maximum atomic E-state index is 12.8. The molecule has 6 heteroatoms. The molecule has 1 saturated heterocycles. The number of allylic oxidation sites excluding steroid dienone is 1. The zero-order valence-corrected chi connectivity index (χ0v) is 14.8. The topological polar surface area (TPSA) is 69.4 Å². The summed E-state index contributed by atoms with van der Waals surface area (Å²) in [6.45, 7) is 3.03. The second-order valence-corrected chi connectivity index (χ2v) is 7.13. The predicted octanol–water partition coefficient (Wildman–Crippen LogP) is 1.92. The van der Waals surface area contributed by atoms with Crippen LogP contribution in [-0.2, 0) is 6.54 Å². The van der Waals surface area contributed by atoms with E-state index in [1.54, 1.807) is 18.2 Å². The second kappa shape index (κ2) is 6.32. The summed E-state index contributed by atoms with van der Waals surface area (Å²) in [6.07, 6.45) is 4.09. The molecule has 2 aromatic carbocycles. The molecule has 3 heterocycles. The number of hydrogen-bond donors (Lipinski definition) is 2. The number of ether oxygens (including phenoxy) is 3. The molecule has 0 amide bonds. The Morgan fingerprint density at radius 2 is 1.89 bits per heavy atom. The normalized spacial score (nSPS) is 19.6. The molecule has 0 atom stereocenters. The zero-order valence-electron chi connectivity index (χ0n) is 14.8. The molecule has 1 fully saturated rings. The Kier molecular flexibility index (Phi) is 3.79. The van der Waals surface area contributed by atoms with E-state index < -0.39 is 0 Å². The van der Waals surface area contributed by atoms with Crippen molar-refractivity contribution in [3.05, 3.63) is 52.8 Å². The van der Waals surface area contributed by atoms with Gasteiger partial charge in [-0.05, 0) is 35.9 Å². The third-order valence-corrected chi connectivity index (χ3v) is 5.35. The number of benzene rings is 2. The number of phenols is 1. The number of phenolic OH excluding ortho intramolecular Hbond substituents is 1. The first kappa shape index (κ1) is 16.2. The average Bonchev–Trinajstić information content (AvgIpc) is 3.39. The molecular formula is C21H20NO5+. The van der Waals surface area contributed by atoms with Crippen molar-refractivity contribution in [1.29, 1.82) is 0 Å². The number of carbonyl (C=O) groups excluding carboxylic acids is 1. The molecule has 0 radical (unpaired) electrons. The van der Waals surface area contributed by atoms with E-state index in [1.165, 1.54) is 17.7 Å². The number of carbonyl (C=O) groups is 1. The quantitative estimate of drug-likeness (QED) is 0.813. The van der Waals surface area contributed by atoms with Gasteiger partial charge in [0.15, 0.2) is 23.0 Å². The summed E-state index contributed by atoms with van der Waals surface area (Å²) in [7, 11) is 0. The van der Waals surface area contributed by atoms with Gasteiger partial charge in [-0.3, -0.25) is 4.79 Å². The maximum absolute atomic E-state index is 12.8. The summed E-state index contributed by atoms with van der Waals surface area (Å²) in [4.78, 5) is 14.2. The number of hydrogen-bond acceptors (Lipinski definition) is 5. The lowest BCUT2D eigenvalue weighted by molar-refractivity contribution is -0.901. The standard InChI is InChI=1S/C21H19NO5/c23-16-5-4-14-20(24)19(10-13-3-6-17-18(9-13)26-12-25-17)27-21(14)15(16)11-22-7-1-2-8-22/h3-6,9-10,23H,1-2,7-8,11-12H2/p+1/b19-10+. The van der Waals surface area contributed by atoms with E-state index in [1.807, 2.05) is 18.2 Å². The van der Waals surface area contributed by atoms with Crippen LogP contribution >= 0.6 is 0 Å². The Hall–Kier alpha value is -2.99. The Morgan fingerprint density at radius 3 is 2.74 bits per heavy atom. The van der Waals surface area contributed by atoms with E-state index >= 15 is 0 Å². The molecule has 2 aromatic rings. The van der Waals surface area contributed by atoms with Gasteiger partial charge in [-0.2, -0.15) is 0 Å². The van der Waals surface area contributed by atoms with E-state index in [0.29, 0.717) is 34.9 Å². The minimum absolute atomic E-state index is 0.166. The van der Waals surface area contributed by atoms with E-state index in [2.05, 4.69) is 0 Å². The average molecular weight is 366 g/mol. The third kappa shape index (κ3) is 2.82. The summed E-state index contributed by atoms with van der Waals surface area (Å²) in [5.74, 6) is 2.12. The Bertz CT molecular complexity index is 959. The van der Waals surface area contributed by atoms with Gasteiger partial charge in [0.25, 0.3) is 0 Å². The van der Waals surface area contributed by atoms with Crippen molar-refractivity contribution in [1.82, 2.24) is 0 Å². The van der Waals surface area contributed by atoms with Crippen molar-refractivity contribution in [3.8, 4) is 23.0 Å². The number of ketones is 1. The largest absolute Gasteiger partial charge is 0.507 e. The third-order valence-electron chi connectivity index (χ3n) is 5.35. The first-order valence-corrected chi connectivity index (χ1v) is 9.21. The molecule has 0 aliphatic carbocycles. The summed E-state index contributed by atoms with van der Waals surface area (Å²) < 4.78 is 16.6. The molecule has 2 N–H and O–H groups in total. The van der Waals surface area contributed by atoms with Gasteiger partial charge < -0.3 is 24.2 Å². The van der Waals surface area contributed by atoms with Gasteiger partial charge in [0, 0.05) is 12.8 Å². The minimum Gasteiger partial charge on any atom is -0.507 e. The molecular weight excluding hydrogens is 346 g/mol. The van der Waals surface area contributed by atoms with Crippen molar-refractivity contribution in [3.63, 3.8) is 0 Å². The molecule has 5 rings (SSSR count). The summed E-state index contributed by atoms with van der Waals surface area (Å²) >= 11 is 0. The van der Waals surface area contributed by atoms with Gasteiger partial charge in [-0.15, -0.1) is 0 Å². The fraction of sp³-hybridized carbons (Fsp3) is 0.286. The van der Waals surface area contributed by atoms with Crippen LogP contribution in [0, 0.1) is 0 Å². The summed E-state index contributed by atoms with van der Waals surface area (Å²) in [6, 6.07) is 8.72. The maximum Gasteiger partial charge on any atom is 0.231 e. The molecule has 6 nitrogen and oxygen atoms in total. The number of fused-ring (bicyclic) bond motifs is 2. The lowest BCUT2D eigenvalue weighted by atomic mass is 10.0. The van der Waals surface area contributed by atoms with E-state index in [9.17, 15) is 9.90 Å². The Balaban J connectivity index is 1.47. The minimum atomic E-state index is -0.166. The Morgan fingerprint density at radius 1 is 1.07 bits per heavy atom. The second-order valence-electron chi connectivity index (χ2n) is 7.13. The highest BCUT2D eigenvalue weighted by Gasteiger charge is 2.33. The van der Waals surface area contributed by atoms with Crippen LogP contribution in [0.5, 0.6) is 23.0 Å². The molecule has 0 saturated carbocycles. The molecule has 0 bridgehead atoms. The van der Waals surface area contributed by atoms with Gasteiger partial charge in [0.1, 0.15) is 12.3 Å².